The third kappa shape index (κ3) is 2.65. The van der Waals surface area contributed by atoms with Gasteiger partial charge in [0.15, 0.2) is 5.69 Å². The summed E-state index contributed by atoms with van der Waals surface area (Å²) in [4.78, 5) is 22.2. The van der Waals surface area contributed by atoms with Crippen molar-refractivity contribution in [1.82, 2.24) is 25.2 Å². The fourth-order valence-corrected chi connectivity index (χ4v) is 1.75. The number of nitrogens with zero attached hydrogens (tertiary/aromatic N) is 5. The van der Waals surface area contributed by atoms with Gasteiger partial charge < -0.3 is 5.32 Å². The number of nitrogens with one attached hydrogen (secondary N) is 2. The van der Waals surface area contributed by atoms with E-state index in [0.717, 1.165) is 0 Å². The van der Waals surface area contributed by atoms with Crippen LogP contribution in [0.3, 0.4) is 0 Å². The standard InChI is InChI=1S/C12H9N7O3/c20-12(14-11-4-5-13-16-11)10-7-18(17-15-10)8-2-1-3-9(6-8)19(21)22/h1-7H,(H2,13,14,16,20). The van der Waals surface area contributed by atoms with Crippen LogP contribution in [0.4, 0.5) is 11.5 Å². The van der Waals surface area contributed by atoms with Gasteiger partial charge in [-0.3, -0.25) is 20.0 Å². The highest BCUT2D eigenvalue weighted by molar-refractivity contribution is 6.02. The molecule has 0 aliphatic carbocycles. The van der Waals surface area contributed by atoms with E-state index in [9.17, 15) is 14.9 Å². The van der Waals surface area contributed by atoms with E-state index < -0.39 is 10.8 Å². The van der Waals surface area contributed by atoms with Gasteiger partial charge in [-0.2, -0.15) is 5.10 Å². The minimum atomic E-state index is -0.508. The second-order valence-electron chi connectivity index (χ2n) is 4.25. The molecule has 1 aromatic carbocycles. The molecule has 2 N–H and O–H groups in total. The van der Waals surface area contributed by atoms with E-state index in [4.69, 9.17) is 0 Å². The van der Waals surface area contributed by atoms with Gasteiger partial charge in [0, 0.05) is 18.2 Å². The zero-order valence-electron chi connectivity index (χ0n) is 11.0. The van der Waals surface area contributed by atoms with E-state index in [0.29, 0.717) is 11.5 Å². The minimum Gasteiger partial charge on any atom is -0.305 e. The van der Waals surface area contributed by atoms with Crippen molar-refractivity contribution in [3.05, 3.63) is 58.5 Å². The van der Waals surface area contributed by atoms with Crippen LogP contribution in [0.5, 0.6) is 0 Å². The van der Waals surface area contributed by atoms with Crippen molar-refractivity contribution in [2.75, 3.05) is 5.32 Å². The van der Waals surface area contributed by atoms with Gasteiger partial charge in [-0.25, -0.2) is 4.68 Å². The number of hydrogen-bond donors (Lipinski definition) is 2. The van der Waals surface area contributed by atoms with Crippen molar-refractivity contribution < 1.29 is 9.72 Å². The van der Waals surface area contributed by atoms with Crippen LogP contribution < -0.4 is 5.32 Å². The normalized spacial score (nSPS) is 10.4. The summed E-state index contributed by atoms with van der Waals surface area (Å²) >= 11 is 0. The number of H-pyrrole nitrogens is 1. The smallest absolute Gasteiger partial charge is 0.278 e. The number of carbonyl (C=O) groups excluding carboxylic acids is 1. The number of nitro groups is 1. The van der Waals surface area contributed by atoms with Gasteiger partial charge in [-0.15, -0.1) is 5.10 Å². The second kappa shape index (κ2) is 5.44. The molecule has 110 valence electrons. The Hall–Kier alpha value is -3.56. The molecule has 10 nitrogen and oxygen atoms in total. The number of anilines is 1. The Morgan fingerprint density at radius 1 is 1.36 bits per heavy atom. The molecular formula is C12H9N7O3. The molecule has 0 unspecified atom stereocenters. The SMILES string of the molecule is O=C(Nc1ccn[nH]1)c1cn(-c2cccc([N+](=O)[O-])c2)nn1. The minimum absolute atomic E-state index is 0.0705. The molecule has 0 saturated carbocycles. The summed E-state index contributed by atoms with van der Waals surface area (Å²) in [6.07, 6.45) is 2.88. The monoisotopic (exact) mass is 299 g/mol. The molecule has 0 saturated heterocycles. The quantitative estimate of drug-likeness (QED) is 0.548. The Morgan fingerprint density at radius 3 is 2.95 bits per heavy atom. The van der Waals surface area contributed by atoms with Gasteiger partial charge in [0.1, 0.15) is 5.82 Å². The van der Waals surface area contributed by atoms with Crippen molar-refractivity contribution >= 4 is 17.4 Å². The molecule has 0 spiro atoms. The molecule has 2 heterocycles. The third-order valence-corrected chi connectivity index (χ3v) is 2.78. The molecule has 3 aromatic rings. The summed E-state index contributed by atoms with van der Waals surface area (Å²) in [5.41, 5.74) is 0.430. The Kier molecular flexibility index (Phi) is 3.32. The van der Waals surface area contributed by atoms with Crippen LogP contribution in [0.25, 0.3) is 5.69 Å². The van der Waals surface area contributed by atoms with Crippen LogP contribution in [0.15, 0.2) is 42.7 Å². The van der Waals surface area contributed by atoms with E-state index in [1.54, 1.807) is 12.1 Å². The Labute approximate surface area is 122 Å². The number of amides is 1. The number of carbonyl (C=O) groups is 1. The summed E-state index contributed by atoms with van der Waals surface area (Å²) in [5, 5.41) is 27.1. The lowest BCUT2D eigenvalue weighted by molar-refractivity contribution is -0.384. The van der Waals surface area contributed by atoms with E-state index >= 15 is 0 Å². The van der Waals surface area contributed by atoms with Crippen LogP contribution >= 0.6 is 0 Å². The number of nitro benzene ring substituents is 1. The zero-order valence-corrected chi connectivity index (χ0v) is 11.0. The fourth-order valence-electron chi connectivity index (χ4n) is 1.75. The molecule has 0 aliphatic rings. The zero-order chi connectivity index (χ0) is 15.5. The van der Waals surface area contributed by atoms with Crippen molar-refractivity contribution in [3.63, 3.8) is 0 Å². The third-order valence-electron chi connectivity index (χ3n) is 2.78. The summed E-state index contributed by atoms with van der Waals surface area (Å²) in [6, 6.07) is 7.44. The molecule has 0 fully saturated rings. The number of aromatic nitrogens is 5. The molecular weight excluding hydrogens is 290 g/mol. The topological polar surface area (TPSA) is 132 Å². The maximum absolute atomic E-state index is 11.9. The number of aromatic amines is 1. The second-order valence-corrected chi connectivity index (χ2v) is 4.25. The number of rotatable bonds is 4. The molecule has 0 bridgehead atoms. The largest absolute Gasteiger partial charge is 0.305 e. The van der Waals surface area contributed by atoms with Crippen molar-refractivity contribution in [2.24, 2.45) is 0 Å². The van der Waals surface area contributed by atoms with Crippen LogP contribution in [-0.2, 0) is 0 Å². The predicted octanol–water partition coefficient (Wildman–Crippen LogP) is 1.15. The van der Waals surface area contributed by atoms with Crippen molar-refractivity contribution in [3.8, 4) is 5.69 Å². The Bertz CT molecular complexity index is 825. The molecule has 1 amide bonds. The lowest BCUT2D eigenvalue weighted by Gasteiger charge is -1.99. The van der Waals surface area contributed by atoms with E-state index in [2.05, 4.69) is 25.8 Å². The van der Waals surface area contributed by atoms with Gasteiger partial charge in [0.05, 0.1) is 23.0 Å². The summed E-state index contributed by atoms with van der Waals surface area (Å²) in [6.45, 7) is 0. The maximum atomic E-state index is 11.9. The summed E-state index contributed by atoms with van der Waals surface area (Å²) in [7, 11) is 0. The summed E-state index contributed by atoms with van der Waals surface area (Å²) in [5.74, 6) is -0.0455. The van der Waals surface area contributed by atoms with E-state index in [-0.39, 0.29) is 11.4 Å². The van der Waals surface area contributed by atoms with Crippen LogP contribution in [0.1, 0.15) is 10.5 Å². The number of benzene rings is 1. The van der Waals surface area contributed by atoms with Gasteiger partial charge >= 0.3 is 0 Å². The summed E-state index contributed by atoms with van der Waals surface area (Å²) < 4.78 is 1.29. The fraction of sp³-hybridized carbons (Fsp3) is 0. The number of non-ortho nitro benzene ring substituents is 1. The van der Waals surface area contributed by atoms with Gasteiger partial charge in [-0.1, -0.05) is 11.3 Å². The van der Waals surface area contributed by atoms with Crippen molar-refractivity contribution in [1.29, 1.82) is 0 Å². The number of hydrogen-bond acceptors (Lipinski definition) is 6. The molecule has 0 radical (unpaired) electrons. The molecule has 22 heavy (non-hydrogen) atoms. The molecule has 0 aliphatic heterocycles. The molecule has 2 aromatic heterocycles. The van der Waals surface area contributed by atoms with Gasteiger partial charge in [0.2, 0.25) is 0 Å². The maximum Gasteiger partial charge on any atom is 0.278 e. The highest BCUT2D eigenvalue weighted by Crippen LogP contribution is 2.16. The predicted molar refractivity (Wildman–Crippen MR) is 74.6 cm³/mol. The van der Waals surface area contributed by atoms with Gasteiger partial charge in [-0.05, 0) is 6.07 Å². The average molecular weight is 299 g/mol. The molecule has 10 heteroatoms. The Morgan fingerprint density at radius 2 is 2.23 bits per heavy atom. The first-order valence-electron chi connectivity index (χ1n) is 6.11. The Balaban J connectivity index is 1.83. The first kappa shape index (κ1) is 13.4. The van der Waals surface area contributed by atoms with E-state index in [1.165, 1.54) is 35.3 Å². The van der Waals surface area contributed by atoms with Crippen LogP contribution in [-0.4, -0.2) is 36.0 Å². The molecule has 3 rings (SSSR count). The lowest BCUT2D eigenvalue weighted by Crippen LogP contribution is -2.12. The highest BCUT2D eigenvalue weighted by Gasteiger charge is 2.13. The van der Waals surface area contributed by atoms with Crippen molar-refractivity contribution in [2.45, 2.75) is 0 Å². The molecule has 0 atom stereocenters. The first-order valence-corrected chi connectivity index (χ1v) is 6.11. The first-order chi connectivity index (χ1) is 10.6. The lowest BCUT2D eigenvalue weighted by atomic mass is 10.3. The highest BCUT2D eigenvalue weighted by atomic mass is 16.6. The van der Waals surface area contributed by atoms with Crippen LogP contribution in [0, 0.1) is 10.1 Å². The van der Waals surface area contributed by atoms with Crippen LogP contribution in [0.2, 0.25) is 0 Å². The van der Waals surface area contributed by atoms with E-state index in [1.807, 2.05) is 0 Å². The van der Waals surface area contributed by atoms with Gasteiger partial charge in [0.25, 0.3) is 11.6 Å². The average Bonchev–Trinajstić information content (AvgIpc) is 3.18.